The number of Topliss-reactive ketones (excluding diaryl/α,β-unsaturated/α-hetero) is 4. The standard InChI is InChI=1S/C45H68N6O9/c1-25(2)18-35(37(54)21-32(29(8)53)19-30-13-11-28(7)12-14-30)49-43(58)31(15-16-40(46)57)20-39(56)42(27(5)6)51-44(59)33(24-52)22-38(55)36(23-34-10-9-17-48-34)50-45(60)41(47)26(3)4/h10-14,17,25-27,31-33,35-36,41-42,52H,9,15-16,18-24,47H2,1-8H3,(H2,46,57)(H,49,58)(H,50,60)(H,51,59). The van der Waals surface area contributed by atoms with E-state index < -0.39 is 102 Å². The van der Waals surface area contributed by atoms with Crippen LogP contribution in [0.2, 0.25) is 0 Å². The van der Waals surface area contributed by atoms with Gasteiger partial charge in [-0.3, -0.25) is 43.3 Å². The smallest absolute Gasteiger partial charge is 0.237 e. The molecule has 1 aliphatic heterocycles. The average Bonchev–Trinajstić information content (AvgIpc) is 3.69. The number of aliphatic hydroxyl groups is 1. The van der Waals surface area contributed by atoms with Gasteiger partial charge in [-0.2, -0.15) is 0 Å². The fourth-order valence-electron chi connectivity index (χ4n) is 6.89. The fourth-order valence-corrected chi connectivity index (χ4v) is 6.89. The quantitative estimate of drug-likeness (QED) is 0.0719. The molecule has 0 aromatic heterocycles. The Morgan fingerprint density at radius 2 is 1.30 bits per heavy atom. The second-order valence-corrected chi connectivity index (χ2v) is 17.3. The minimum absolute atomic E-state index is 0.0258. The molecule has 15 heteroatoms. The molecule has 7 atom stereocenters. The van der Waals surface area contributed by atoms with Crippen LogP contribution in [0.5, 0.6) is 0 Å². The Bertz CT molecular complexity index is 1740. The molecule has 0 fully saturated rings. The molecule has 1 aliphatic rings. The molecule has 0 radical (unpaired) electrons. The van der Waals surface area contributed by atoms with Gasteiger partial charge in [-0.1, -0.05) is 77.4 Å². The Hall–Kier alpha value is -4.89. The second kappa shape index (κ2) is 25.0. The number of allylic oxidation sites excluding steroid dienone is 1. The molecular weight excluding hydrogens is 769 g/mol. The van der Waals surface area contributed by atoms with Crippen LogP contribution in [0, 0.1) is 42.4 Å². The number of aliphatic hydroxyl groups excluding tert-OH is 1. The SMILES string of the molecule is CC(=O)C(CC(=O)C(CC(C)C)NC(=O)C(CCC(N)=O)CC(=O)C(NC(=O)C(CO)CC(=O)C(CC1=CCC=N1)NC(=O)C(N)C(C)C)C(C)C)Cc1ccc(C)cc1. The minimum Gasteiger partial charge on any atom is -0.396 e. The molecule has 0 bridgehead atoms. The highest BCUT2D eigenvalue weighted by Gasteiger charge is 2.35. The first-order chi connectivity index (χ1) is 28.1. The van der Waals surface area contributed by atoms with Crippen molar-refractivity contribution in [3.05, 3.63) is 47.2 Å². The van der Waals surface area contributed by atoms with Crippen molar-refractivity contribution in [2.24, 2.45) is 52.0 Å². The first kappa shape index (κ1) is 51.3. The van der Waals surface area contributed by atoms with E-state index in [1.807, 2.05) is 45.0 Å². The Balaban J connectivity index is 2.25. The number of nitrogens with two attached hydrogens (primary N) is 2. The van der Waals surface area contributed by atoms with Crippen LogP contribution < -0.4 is 27.4 Å². The van der Waals surface area contributed by atoms with Gasteiger partial charge in [0.1, 0.15) is 5.78 Å². The minimum atomic E-state index is -1.28. The Morgan fingerprint density at radius 1 is 0.733 bits per heavy atom. The van der Waals surface area contributed by atoms with E-state index in [2.05, 4.69) is 20.9 Å². The van der Waals surface area contributed by atoms with Crippen molar-refractivity contribution in [3.63, 3.8) is 0 Å². The van der Waals surface area contributed by atoms with Crippen molar-refractivity contribution in [2.45, 2.75) is 137 Å². The summed E-state index contributed by atoms with van der Waals surface area (Å²) in [4.78, 5) is 110. The predicted molar refractivity (Wildman–Crippen MR) is 229 cm³/mol. The Morgan fingerprint density at radius 3 is 1.82 bits per heavy atom. The van der Waals surface area contributed by atoms with Crippen molar-refractivity contribution in [1.82, 2.24) is 16.0 Å². The van der Waals surface area contributed by atoms with E-state index in [-0.39, 0.29) is 55.5 Å². The number of primary amides is 1. The molecule has 15 nitrogen and oxygen atoms in total. The Kier molecular flexibility index (Phi) is 21.4. The topological polar surface area (TPSA) is 257 Å². The summed E-state index contributed by atoms with van der Waals surface area (Å²) in [6, 6.07) is 3.59. The number of amides is 4. The molecule has 0 aliphatic carbocycles. The highest BCUT2D eigenvalue weighted by Crippen LogP contribution is 2.22. The summed E-state index contributed by atoms with van der Waals surface area (Å²) in [5.74, 6) is -8.00. The lowest BCUT2D eigenvalue weighted by Crippen LogP contribution is -2.52. The van der Waals surface area contributed by atoms with Crippen LogP contribution in [-0.2, 0) is 44.8 Å². The Labute approximate surface area is 354 Å². The maximum Gasteiger partial charge on any atom is 0.237 e. The normalized spacial score (nSPS) is 16.0. The van der Waals surface area contributed by atoms with E-state index in [1.165, 1.54) is 6.92 Å². The van der Waals surface area contributed by atoms with Gasteiger partial charge in [0.2, 0.25) is 23.6 Å². The van der Waals surface area contributed by atoms with Gasteiger partial charge in [-0.15, -0.1) is 0 Å². The maximum absolute atomic E-state index is 13.9. The lowest BCUT2D eigenvalue weighted by molar-refractivity contribution is -0.137. The summed E-state index contributed by atoms with van der Waals surface area (Å²) in [7, 11) is 0. The zero-order valence-electron chi connectivity index (χ0n) is 36.6. The van der Waals surface area contributed by atoms with Gasteiger partial charge < -0.3 is 32.5 Å². The monoisotopic (exact) mass is 837 g/mol. The van der Waals surface area contributed by atoms with Crippen molar-refractivity contribution in [3.8, 4) is 0 Å². The average molecular weight is 837 g/mol. The second-order valence-electron chi connectivity index (χ2n) is 17.3. The highest BCUT2D eigenvalue weighted by atomic mass is 16.3. The molecular formula is C45H68N6O9. The van der Waals surface area contributed by atoms with Crippen molar-refractivity contribution < 1.29 is 43.5 Å². The predicted octanol–water partition coefficient (Wildman–Crippen LogP) is 3.00. The van der Waals surface area contributed by atoms with Gasteiger partial charge in [0.05, 0.1) is 36.7 Å². The van der Waals surface area contributed by atoms with E-state index in [0.29, 0.717) is 18.5 Å². The lowest BCUT2D eigenvalue weighted by Gasteiger charge is -2.27. The van der Waals surface area contributed by atoms with Gasteiger partial charge in [0.25, 0.3) is 0 Å². The molecule has 7 unspecified atom stereocenters. The molecule has 2 rings (SSSR count). The van der Waals surface area contributed by atoms with Crippen LogP contribution in [-0.4, -0.2) is 88.9 Å². The van der Waals surface area contributed by atoms with Gasteiger partial charge in [-0.05, 0) is 56.4 Å². The van der Waals surface area contributed by atoms with E-state index in [4.69, 9.17) is 11.5 Å². The van der Waals surface area contributed by atoms with E-state index in [0.717, 1.165) is 11.1 Å². The van der Waals surface area contributed by atoms with E-state index in [1.54, 1.807) is 40.0 Å². The number of carbonyl (C=O) groups excluding carboxylic acids is 8. The van der Waals surface area contributed by atoms with Crippen LogP contribution in [0.15, 0.2) is 41.0 Å². The summed E-state index contributed by atoms with van der Waals surface area (Å²) in [6.07, 6.45) is 3.38. The molecule has 1 aromatic carbocycles. The van der Waals surface area contributed by atoms with Crippen LogP contribution in [0.1, 0.15) is 111 Å². The number of nitrogens with one attached hydrogen (secondary N) is 3. The number of hydrogen-bond donors (Lipinski definition) is 6. The number of rotatable bonds is 28. The molecule has 1 heterocycles. The van der Waals surface area contributed by atoms with E-state index >= 15 is 0 Å². The van der Waals surface area contributed by atoms with E-state index in [9.17, 15) is 43.5 Å². The van der Waals surface area contributed by atoms with Crippen LogP contribution >= 0.6 is 0 Å². The van der Waals surface area contributed by atoms with Crippen LogP contribution in [0.25, 0.3) is 0 Å². The summed E-state index contributed by atoms with van der Waals surface area (Å²) in [5, 5.41) is 18.4. The number of benzene rings is 1. The number of hydrogen-bond acceptors (Lipinski definition) is 11. The summed E-state index contributed by atoms with van der Waals surface area (Å²) >= 11 is 0. The largest absolute Gasteiger partial charge is 0.396 e. The summed E-state index contributed by atoms with van der Waals surface area (Å²) in [5.41, 5.74) is 14.0. The number of aryl methyl sites for hydroxylation is 1. The highest BCUT2D eigenvalue weighted by molar-refractivity contribution is 5.97. The zero-order chi connectivity index (χ0) is 45.3. The van der Waals surface area contributed by atoms with Gasteiger partial charge in [0, 0.05) is 62.3 Å². The van der Waals surface area contributed by atoms with Gasteiger partial charge in [-0.25, -0.2) is 0 Å². The molecule has 60 heavy (non-hydrogen) atoms. The fraction of sp³-hybridized carbons (Fsp3) is 0.622. The molecule has 332 valence electrons. The summed E-state index contributed by atoms with van der Waals surface area (Å²) in [6.45, 7) is 13.3. The number of ketones is 4. The summed E-state index contributed by atoms with van der Waals surface area (Å²) < 4.78 is 0. The van der Waals surface area contributed by atoms with Crippen molar-refractivity contribution >= 4 is 53.0 Å². The number of aliphatic imine (C=N–C) groups is 1. The molecule has 0 saturated heterocycles. The van der Waals surface area contributed by atoms with Gasteiger partial charge in [0.15, 0.2) is 17.3 Å². The van der Waals surface area contributed by atoms with Crippen LogP contribution in [0.3, 0.4) is 0 Å². The molecule has 0 saturated carbocycles. The van der Waals surface area contributed by atoms with Crippen molar-refractivity contribution in [2.75, 3.05) is 6.61 Å². The third-order valence-corrected chi connectivity index (χ3v) is 10.8. The first-order valence-corrected chi connectivity index (χ1v) is 21.0. The molecule has 1 aromatic rings. The lowest BCUT2D eigenvalue weighted by atomic mass is 9.86. The zero-order valence-corrected chi connectivity index (χ0v) is 36.6. The van der Waals surface area contributed by atoms with Gasteiger partial charge >= 0.3 is 0 Å². The molecule has 0 spiro atoms. The maximum atomic E-state index is 13.9. The molecule has 4 amide bonds. The number of nitrogens with zero attached hydrogens (tertiary/aromatic N) is 1. The van der Waals surface area contributed by atoms with Crippen LogP contribution in [0.4, 0.5) is 0 Å². The van der Waals surface area contributed by atoms with Crippen molar-refractivity contribution in [1.29, 1.82) is 0 Å². The third kappa shape index (κ3) is 17.4. The third-order valence-electron chi connectivity index (χ3n) is 10.8. The number of carbonyl (C=O) groups is 8. The molecule has 8 N–H and O–H groups in total. The first-order valence-electron chi connectivity index (χ1n) is 21.0.